The SMILES string of the molecule is C=CC(=O)NCOCC(O)C(O)CO. The zero-order valence-corrected chi connectivity index (χ0v) is 7.72. The van der Waals surface area contributed by atoms with Crippen LogP contribution in [0.5, 0.6) is 0 Å². The number of carbonyl (C=O) groups excluding carboxylic acids is 1. The summed E-state index contributed by atoms with van der Waals surface area (Å²) in [7, 11) is 0. The van der Waals surface area contributed by atoms with Gasteiger partial charge in [0.1, 0.15) is 18.9 Å². The van der Waals surface area contributed by atoms with Crippen LogP contribution in [0, 0.1) is 0 Å². The van der Waals surface area contributed by atoms with Gasteiger partial charge in [0.15, 0.2) is 0 Å². The van der Waals surface area contributed by atoms with Gasteiger partial charge in [0, 0.05) is 0 Å². The minimum absolute atomic E-state index is 0.0833. The first kappa shape index (κ1) is 13.1. The summed E-state index contributed by atoms with van der Waals surface area (Å²) in [5.74, 6) is -0.387. The molecule has 6 heteroatoms. The molecule has 0 radical (unpaired) electrons. The van der Waals surface area contributed by atoms with Crippen molar-refractivity contribution in [3.8, 4) is 0 Å². The molecule has 0 saturated heterocycles. The van der Waals surface area contributed by atoms with Crippen LogP contribution in [0.4, 0.5) is 0 Å². The lowest BCUT2D eigenvalue weighted by Gasteiger charge is -2.15. The van der Waals surface area contributed by atoms with Crippen molar-refractivity contribution < 1.29 is 24.9 Å². The average Bonchev–Trinajstić information content (AvgIpc) is 2.22. The molecule has 0 fully saturated rings. The molecular formula is C8H15NO5. The average molecular weight is 205 g/mol. The number of rotatable bonds is 7. The number of carbonyl (C=O) groups is 1. The number of hydrogen-bond acceptors (Lipinski definition) is 5. The fourth-order valence-electron chi connectivity index (χ4n) is 0.607. The van der Waals surface area contributed by atoms with Crippen LogP contribution in [0.2, 0.25) is 0 Å². The maximum atomic E-state index is 10.6. The van der Waals surface area contributed by atoms with Crippen LogP contribution in [0.25, 0.3) is 0 Å². The molecule has 6 nitrogen and oxygen atoms in total. The number of hydrogen-bond donors (Lipinski definition) is 4. The Morgan fingerprint density at radius 3 is 2.64 bits per heavy atom. The molecule has 0 aliphatic carbocycles. The van der Waals surface area contributed by atoms with Gasteiger partial charge in [0.05, 0.1) is 13.2 Å². The zero-order valence-electron chi connectivity index (χ0n) is 7.72. The molecule has 2 unspecified atom stereocenters. The van der Waals surface area contributed by atoms with E-state index in [0.29, 0.717) is 0 Å². The standard InChI is InChI=1S/C8H15NO5/c1-2-8(13)9-5-14-4-7(12)6(11)3-10/h2,6-7,10-12H,1,3-5H2,(H,9,13). The number of aliphatic hydroxyl groups is 3. The van der Waals surface area contributed by atoms with E-state index in [0.717, 1.165) is 6.08 Å². The van der Waals surface area contributed by atoms with E-state index in [-0.39, 0.29) is 19.2 Å². The Balaban J connectivity index is 3.44. The van der Waals surface area contributed by atoms with Crippen LogP contribution in [-0.2, 0) is 9.53 Å². The molecule has 0 spiro atoms. The topological polar surface area (TPSA) is 99.0 Å². The molecule has 0 aromatic carbocycles. The van der Waals surface area contributed by atoms with E-state index in [1.807, 2.05) is 0 Å². The van der Waals surface area contributed by atoms with Crippen molar-refractivity contribution in [2.45, 2.75) is 12.2 Å². The molecule has 0 heterocycles. The highest BCUT2D eigenvalue weighted by molar-refractivity contribution is 5.86. The van der Waals surface area contributed by atoms with Gasteiger partial charge in [0.2, 0.25) is 5.91 Å². The summed E-state index contributed by atoms with van der Waals surface area (Å²) in [6.07, 6.45) is -1.31. The molecule has 4 N–H and O–H groups in total. The van der Waals surface area contributed by atoms with E-state index >= 15 is 0 Å². The number of aliphatic hydroxyl groups excluding tert-OH is 3. The molecular weight excluding hydrogens is 190 g/mol. The predicted molar refractivity (Wildman–Crippen MR) is 48.3 cm³/mol. The highest BCUT2D eigenvalue weighted by Gasteiger charge is 2.14. The molecule has 0 bridgehead atoms. The van der Waals surface area contributed by atoms with Crippen LogP contribution in [0.3, 0.4) is 0 Å². The Labute approximate surface area is 81.8 Å². The Hall–Kier alpha value is -0.950. The van der Waals surface area contributed by atoms with Gasteiger partial charge in [-0.3, -0.25) is 4.79 Å². The van der Waals surface area contributed by atoms with E-state index in [1.165, 1.54) is 0 Å². The van der Waals surface area contributed by atoms with Gasteiger partial charge in [-0.1, -0.05) is 6.58 Å². The number of nitrogens with one attached hydrogen (secondary N) is 1. The van der Waals surface area contributed by atoms with Crippen LogP contribution in [0.1, 0.15) is 0 Å². The van der Waals surface area contributed by atoms with Crippen molar-refractivity contribution in [2.75, 3.05) is 19.9 Å². The normalized spacial score (nSPS) is 14.5. The lowest BCUT2D eigenvalue weighted by Crippen LogP contribution is -2.35. The first-order valence-electron chi connectivity index (χ1n) is 4.06. The van der Waals surface area contributed by atoms with Gasteiger partial charge >= 0.3 is 0 Å². The zero-order chi connectivity index (χ0) is 11.0. The minimum Gasteiger partial charge on any atom is -0.394 e. The van der Waals surface area contributed by atoms with Gasteiger partial charge in [-0.2, -0.15) is 0 Å². The summed E-state index contributed by atoms with van der Waals surface area (Å²) in [6, 6.07) is 0. The van der Waals surface area contributed by atoms with Crippen LogP contribution >= 0.6 is 0 Å². The molecule has 82 valence electrons. The Kier molecular flexibility index (Phi) is 6.95. The number of amides is 1. The molecule has 1 amide bonds. The van der Waals surface area contributed by atoms with Gasteiger partial charge < -0.3 is 25.4 Å². The summed E-state index contributed by atoms with van der Waals surface area (Å²) in [5, 5.41) is 28.7. The fourth-order valence-corrected chi connectivity index (χ4v) is 0.607. The van der Waals surface area contributed by atoms with Gasteiger partial charge in [-0.25, -0.2) is 0 Å². The third kappa shape index (κ3) is 5.65. The van der Waals surface area contributed by atoms with Crippen LogP contribution < -0.4 is 5.32 Å². The van der Waals surface area contributed by atoms with Gasteiger partial charge in [0.25, 0.3) is 0 Å². The van der Waals surface area contributed by atoms with Crippen LogP contribution in [0.15, 0.2) is 12.7 Å². The van der Waals surface area contributed by atoms with E-state index in [1.54, 1.807) is 0 Å². The Bertz CT molecular complexity index is 185. The largest absolute Gasteiger partial charge is 0.394 e. The van der Waals surface area contributed by atoms with E-state index in [4.69, 9.17) is 20.1 Å². The van der Waals surface area contributed by atoms with Crippen molar-refractivity contribution in [3.63, 3.8) is 0 Å². The van der Waals surface area contributed by atoms with E-state index < -0.39 is 18.8 Å². The molecule has 14 heavy (non-hydrogen) atoms. The van der Waals surface area contributed by atoms with Crippen molar-refractivity contribution in [2.24, 2.45) is 0 Å². The second-order valence-corrected chi connectivity index (χ2v) is 2.58. The second-order valence-electron chi connectivity index (χ2n) is 2.58. The summed E-state index contributed by atoms with van der Waals surface area (Å²) >= 11 is 0. The first-order chi connectivity index (χ1) is 6.61. The van der Waals surface area contributed by atoms with E-state index in [2.05, 4.69) is 11.9 Å². The highest BCUT2D eigenvalue weighted by atomic mass is 16.5. The minimum atomic E-state index is -1.23. The lowest BCUT2D eigenvalue weighted by molar-refractivity contribution is -0.119. The lowest BCUT2D eigenvalue weighted by atomic mass is 10.2. The van der Waals surface area contributed by atoms with Crippen molar-refractivity contribution in [1.82, 2.24) is 5.32 Å². The summed E-state index contributed by atoms with van der Waals surface area (Å²) in [6.45, 7) is 2.44. The molecule has 0 saturated carbocycles. The van der Waals surface area contributed by atoms with Crippen LogP contribution in [-0.4, -0.2) is 53.4 Å². The third-order valence-corrected chi connectivity index (χ3v) is 1.45. The molecule has 0 aliphatic heterocycles. The fraction of sp³-hybridized carbons (Fsp3) is 0.625. The smallest absolute Gasteiger partial charge is 0.245 e. The quantitative estimate of drug-likeness (QED) is 0.218. The predicted octanol–water partition coefficient (Wildman–Crippen LogP) is -2.02. The molecule has 2 atom stereocenters. The molecule has 0 aromatic rings. The molecule has 0 aromatic heterocycles. The molecule has 0 rings (SSSR count). The summed E-state index contributed by atoms with van der Waals surface area (Å²) in [5.41, 5.74) is 0. The monoisotopic (exact) mass is 205 g/mol. The summed E-state index contributed by atoms with van der Waals surface area (Å²) in [4.78, 5) is 10.6. The van der Waals surface area contributed by atoms with Crippen molar-refractivity contribution in [1.29, 1.82) is 0 Å². The Morgan fingerprint density at radius 2 is 2.14 bits per heavy atom. The first-order valence-corrected chi connectivity index (χ1v) is 4.06. The van der Waals surface area contributed by atoms with Gasteiger partial charge in [-0.05, 0) is 6.08 Å². The van der Waals surface area contributed by atoms with Gasteiger partial charge in [-0.15, -0.1) is 0 Å². The van der Waals surface area contributed by atoms with E-state index in [9.17, 15) is 4.79 Å². The maximum absolute atomic E-state index is 10.6. The number of ether oxygens (including phenoxy) is 1. The summed E-state index contributed by atoms with van der Waals surface area (Å²) < 4.78 is 4.79. The Morgan fingerprint density at radius 1 is 1.50 bits per heavy atom. The maximum Gasteiger partial charge on any atom is 0.245 e. The molecule has 0 aliphatic rings. The van der Waals surface area contributed by atoms with Crippen molar-refractivity contribution >= 4 is 5.91 Å². The highest BCUT2D eigenvalue weighted by Crippen LogP contribution is 1.92. The van der Waals surface area contributed by atoms with Crippen molar-refractivity contribution in [3.05, 3.63) is 12.7 Å². The third-order valence-electron chi connectivity index (χ3n) is 1.45. The second kappa shape index (κ2) is 7.45.